The molecule has 3 rings (SSSR count). The molecule has 1 aliphatic carbocycles. The molecule has 27 heavy (non-hydrogen) atoms. The predicted molar refractivity (Wildman–Crippen MR) is 112 cm³/mol. The molecule has 144 valence electrons. The molecule has 2 aromatic rings. The van der Waals surface area contributed by atoms with Gasteiger partial charge in [-0.15, -0.1) is 0 Å². The first-order valence-corrected chi connectivity index (χ1v) is 10.2. The number of anilines is 1. The van der Waals surface area contributed by atoms with Gasteiger partial charge in [-0.2, -0.15) is 0 Å². The number of halogens is 1. The maximum Gasteiger partial charge on any atom is 0.235 e. The zero-order chi connectivity index (χ0) is 19.3. The summed E-state index contributed by atoms with van der Waals surface area (Å²) in [6, 6.07) is 13.6. The van der Waals surface area contributed by atoms with Crippen LogP contribution in [-0.2, 0) is 10.2 Å². The van der Waals surface area contributed by atoms with Crippen LogP contribution in [0.3, 0.4) is 0 Å². The molecule has 0 bridgehead atoms. The zero-order valence-corrected chi connectivity index (χ0v) is 16.9. The molecule has 1 amide bonds. The first-order valence-electron chi connectivity index (χ1n) is 9.86. The number of aryl methyl sites for hydroxylation is 1. The van der Waals surface area contributed by atoms with Crippen molar-refractivity contribution in [3.8, 4) is 5.75 Å². The smallest absolute Gasteiger partial charge is 0.235 e. The van der Waals surface area contributed by atoms with Gasteiger partial charge in [-0.05, 0) is 67.6 Å². The minimum Gasteiger partial charge on any atom is -0.493 e. The van der Waals surface area contributed by atoms with Crippen molar-refractivity contribution in [2.24, 2.45) is 0 Å². The maximum atomic E-state index is 13.4. The maximum absolute atomic E-state index is 13.4. The average molecular weight is 386 g/mol. The quantitative estimate of drug-likeness (QED) is 0.635. The van der Waals surface area contributed by atoms with Crippen LogP contribution in [0.5, 0.6) is 5.75 Å². The van der Waals surface area contributed by atoms with Gasteiger partial charge in [0.2, 0.25) is 5.91 Å². The summed E-state index contributed by atoms with van der Waals surface area (Å²) in [6.45, 7) is 4.80. The summed E-state index contributed by atoms with van der Waals surface area (Å²) < 4.78 is 5.74. The average Bonchev–Trinajstić information content (AvgIpc) is 2.68. The third kappa shape index (κ3) is 4.47. The van der Waals surface area contributed by atoms with Gasteiger partial charge in [0.25, 0.3) is 0 Å². The normalized spacial score (nSPS) is 16.0. The number of benzene rings is 2. The van der Waals surface area contributed by atoms with E-state index in [2.05, 4.69) is 12.2 Å². The van der Waals surface area contributed by atoms with Crippen molar-refractivity contribution in [2.75, 3.05) is 11.9 Å². The van der Waals surface area contributed by atoms with E-state index in [9.17, 15) is 4.79 Å². The number of hydrogen-bond acceptors (Lipinski definition) is 2. The highest BCUT2D eigenvalue weighted by Gasteiger charge is 2.41. The van der Waals surface area contributed by atoms with Crippen LogP contribution in [0, 0.1) is 6.92 Å². The van der Waals surface area contributed by atoms with Gasteiger partial charge in [-0.25, -0.2) is 0 Å². The zero-order valence-electron chi connectivity index (χ0n) is 16.2. The van der Waals surface area contributed by atoms with Crippen LogP contribution in [0.4, 0.5) is 5.69 Å². The molecule has 0 radical (unpaired) electrons. The fourth-order valence-electron chi connectivity index (χ4n) is 3.92. The minimum absolute atomic E-state index is 0.0751. The van der Waals surface area contributed by atoms with E-state index >= 15 is 0 Å². The Morgan fingerprint density at radius 1 is 1.11 bits per heavy atom. The Kier molecular flexibility index (Phi) is 6.43. The summed E-state index contributed by atoms with van der Waals surface area (Å²) in [6.07, 6.45) is 6.04. The first-order chi connectivity index (χ1) is 13.0. The van der Waals surface area contributed by atoms with Crippen molar-refractivity contribution in [2.45, 2.75) is 57.8 Å². The molecule has 3 nitrogen and oxygen atoms in total. The van der Waals surface area contributed by atoms with Crippen molar-refractivity contribution >= 4 is 23.2 Å². The lowest BCUT2D eigenvalue weighted by molar-refractivity contribution is -0.122. The summed E-state index contributed by atoms with van der Waals surface area (Å²) >= 11 is 6.06. The highest BCUT2D eigenvalue weighted by Crippen LogP contribution is 2.41. The molecular formula is C23H28ClNO2. The van der Waals surface area contributed by atoms with Gasteiger partial charge in [-0.3, -0.25) is 4.79 Å². The Morgan fingerprint density at radius 3 is 2.44 bits per heavy atom. The number of amides is 1. The Bertz CT molecular complexity index is 779. The molecule has 4 heteroatoms. The van der Waals surface area contributed by atoms with Crippen molar-refractivity contribution in [1.29, 1.82) is 0 Å². The molecule has 0 spiro atoms. The monoisotopic (exact) mass is 385 g/mol. The molecule has 0 aliphatic heterocycles. The lowest BCUT2D eigenvalue weighted by atomic mass is 9.68. The molecule has 1 N–H and O–H groups in total. The topological polar surface area (TPSA) is 38.3 Å². The molecule has 0 saturated heterocycles. The third-order valence-corrected chi connectivity index (χ3v) is 5.69. The molecule has 1 fully saturated rings. The highest BCUT2D eigenvalue weighted by atomic mass is 35.5. The molecule has 0 unspecified atom stereocenters. The predicted octanol–water partition coefficient (Wildman–Crippen LogP) is 6.28. The van der Waals surface area contributed by atoms with E-state index in [1.54, 1.807) is 0 Å². The highest BCUT2D eigenvalue weighted by molar-refractivity contribution is 6.30. The van der Waals surface area contributed by atoms with Crippen LogP contribution < -0.4 is 10.1 Å². The van der Waals surface area contributed by atoms with Crippen molar-refractivity contribution in [3.05, 3.63) is 58.6 Å². The van der Waals surface area contributed by atoms with Gasteiger partial charge in [0.15, 0.2) is 0 Å². The Balaban J connectivity index is 1.83. The van der Waals surface area contributed by atoms with Crippen LogP contribution in [-0.4, -0.2) is 12.5 Å². The second-order valence-corrected chi connectivity index (χ2v) is 7.87. The Morgan fingerprint density at radius 2 is 1.81 bits per heavy atom. The standard InChI is InChI=1S/C23H28ClNO2/c1-3-15-27-21-12-11-20(16-17(21)2)25-22(26)23(13-5-4-6-14-23)18-7-9-19(24)10-8-18/h7-12,16H,3-6,13-15H2,1-2H3,(H,25,26). The fraction of sp³-hybridized carbons (Fsp3) is 0.435. The number of hydrogen-bond donors (Lipinski definition) is 1. The molecule has 2 aromatic carbocycles. The SMILES string of the molecule is CCCOc1ccc(NC(=O)C2(c3ccc(Cl)cc3)CCCCC2)cc1C. The first kappa shape index (κ1) is 19.8. The van der Waals surface area contributed by atoms with Crippen LogP contribution in [0.2, 0.25) is 5.02 Å². The van der Waals surface area contributed by atoms with E-state index in [-0.39, 0.29) is 5.91 Å². The van der Waals surface area contributed by atoms with E-state index in [4.69, 9.17) is 16.3 Å². The van der Waals surface area contributed by atoms with Gasteiger partial charge in [0, 0.05) is 10.7 Å². The Hall–Kier alpha value is -2.00. The lowest BCUT2D eigenvalue weighted by Crippen LogP contribution is -2.42. The van der Waals surface area contributed by atoms with E-state index in [0.29, 0.717) is 11.6 Å². The minimum atomic E-state index is -0.478. The third-order valence-electron chi connectivity index (χ3n) is 5.43. The van der Waals surface area contributed by atoms with Gasteiger partial charge in [0.05, 0.1) is 12.0 Å². The van der Waals surface area contributed by atoms with E-state index in [1.165, 1.54) is 6.42 Å². The van der Waals surface area contributed by atoms with Gasteiger partial charge >= 0.3 is 0 Å². The Labute approximate surface area is 167 Å². The van der Waals surface area contributed by atoms with E-state index < -0.39 is 5.41 Å². The van der Waals surface area contributed by atoms with Crippen LogP contribution in [0.15, 0.2) is 42.5 Å². The van der Waals surface area contributed by atoms with Crippen molar-refractivity contribution in [1.82, 2.24) is 0 Å². The summed E-state index contributed by atoms with van der Waals surface area (Å²) in [5.41, 5.74) is 2.43. The summed E-state index contributed by atoms with van der Waals surface area (Å²) in [7, 11) is 0. The van der Waals surface area contributed by atoms with Crippen molar-refractivity contribution < 1.29 is 9.53 Å². The summed E-state index contributed by atoms with van der Waals surface area (Å²) in [4.78, 5) is 13.4. The number of carbonyl (C=O) groups excluding carboxylic acids is 1. The van der Waals surface area contributed by atoms with Gasteiger partial charge < -0.3 is 10.1 Å². The van der Waals surface area contributed by atoms with Crippen LogP contribution >= 0.6 is 11.6 Å². The van der Waals surface area contributed by atoms with Gasteiger partial charge in [0.1, 0.15) is 5.75 Å². The number of ether oxygens (including phenoxy) is 1. The molecule has 1 saturated carbocycles. The molecule has 0 heterocycles. The van der Waals surface area contributed by atoms with Crippen molar-refractivity contribution in [3.63, 3.8) is 0 Å². The number of rotatable bonds is 6. The largest absolute Gasteiger partial charge is 0.493 e. The fourth-order valence-corrected chi connectivity index (χ4v) is 4.05. The molecule has 0 aromatic heterocycles. The summed E-state index contributed by atoms with van der Waals surface area (Å²) in [5, 5.41) is 3.86. The van der Waals surface area contributed by atoms with Crippen LogP contribution in [0.25, 0.3) is 0 Å². The molecular weight excluding hydrogens is 358 g/mol. The molecule has 1 aliphatic rings. The van der Waals surface area contributed by atoms with Gasteiger partial charge in [-0.1, -0.05) is 49.9 Å². The number of nitrogens with one attached hydrogen (secondary N) is 1. The summed E-state index contributed by atoms with van der Waals surface area (Å²) in [5.74, 6) is 0.950. The second kappa shape index (κ2) is 8.79. The molecule has 0 atom stereocenters. The second-order valence-electron chi connectivity index (χ2n) is 7.43. The van der Waals surface area contributed by atoms with Crippen LogP contribution in [0.1, 0.15) is 56.6 Å². The van der Waals surface area contributed by atoms with E-state index in [1.807, 2.05) is 49.4 Å². The number of carbonyl (C=O) groups is 1. The van der Waals surface area contributed by atoms with E-state index in [0.717, 1.165) is 54.7 Å². The lowest BCUT2D eigenvalue weighted by Gasteiger charge is -2.36.